The standard InChI is InChI=1S/C23H26N4O4S/c1-2-12-31-23(30)27-15-20(32-22(29)17-6-4-3-5-7-17)13-18(27)10-11-26-16-25-14-19(26)8-9-21(24)28/h2-9,14,16,18,20H,1,10-13,15H2,(H2,24,28)/b9-8+/t18-,20+/m1/s1. The fourth-order valence-electron chi connectivity index (χ4n) is 3.58. The van der Waals surface area contributed by atoms with Crippen molar-refractivity contribution in [2.75, 3.05) is 13.2 Å². The van der Waals surface area contributed by atoms with E-state index in [1.165, 1.54) is 23.9 Å². The molecule has 2 heterocycles. The molecular weight excluding hydrogens is 428 g/mol. The molecule has 1 aliphatic rings. The quantitative estimate of drug-likeness (QED) is 0.461. The van der Waals surface area contributed by atoms with Gasteiger partial charge in [-0.3, -0.25) is 9.59 Å². The van der Waals surface area contributed by atoms with E-state index in [1.54, 1.807) is 35.6 Å². The van der Waals surface area contributed by atoms with Gasteiger partial charge >= 0.3 is 6.09 Å². The molecule has 32 heavy (non-hydrogen) atoms. The number of amides is 2. The molecule has 1 aromatic carbocycles. The van der Waals surface area contributed by atoms with Crippen LogP contribution < -0.4 is 5.73 Å². The average molecular weight is 455 g/mol. The zero-order valence-electron chi connectivity index (χ0n) is 17.6. The smallest absolute Gasteiger partial charge is 0.410 e. The Morgan fingerprint density at radius 2 is 2.06 bits per heavy atom. The van der Waals surface area contributed by atoms with Gasteiger partial charge in [0.2, 0.25) is 11.0 Å². The van der Waals surface area contributed by atoms with Crippen LogP contribution in [0.5, 0.6) is 0 Å². The highest BCUT2D eigenvalue weighted by Gasteiger charge is 2.37. The topological polar surface area (TPSA) is 108 Å². The monoisotopic (exact) mass is 454 g/mol. The normalized spacial score (nSPS) is 18.1. The third-order valence-electron chi connectivity index (χ3n) is 5.08. The van der Waals surface area contributed by atoms with Crippen LogP contribution in [0, 0.1) is 0 Å². The number of benzene rings is 1. The summed E-state index contributed by atoms with van der Waals surface area (Å²) in [7, 11) is 0. The summed E-state index contributed by atoms with van der Waals surface area (Å²) in [5.74, 6) is -0.535. The van der Waals surface area contributed by atoms with Crippen molar-refractivity contribution in [3.8, 4) is 0 Å². The Kier molecular flexibility index (Phi) is 8.27. The highest BCUT2D eigenvalue weighted by Crippen LogP contribution is 2.32. The van der Waals surface area contributed by atoms with Crippen molar-refractivity contribution < 1.29 is 19.1 Å². The summed E-state index contributed by atoms with van der Waals surface area (Å²) in [4.78, 5) is 42.1. The highest BCUT2D eigenvalue weighted by molar-refractivity contribution is 8.14. The Balaban J connectivity index is 1.67. The third kappa shape index (κ3) is 6.34. The lowest BCUT2D eigenvalue weighted by Crippen LogP contribution is -2.37. The summed E-state index contributed by atoms with van der Waals surface area (Å²) in [5, 5.41) is -0.0369. The van der Waals surface area contributed by atoms with Crippen molar-refractivity contribution in [2.24, 2.45) is 5.73 Å². The van der Waals surface area contributed by atoms with Gasteiger partial charge in [0.1, 0.15) is 6.61 Å². The van der Waals surface area contributed by atoms with Gasteiger partial charge in [0.05, 0.1) is 18.2 Å². The fraction of sp³-hybridized carbons (Fsp3) is 0.304. The van der Waals surface area contributed by atoms with Gasteiger partial charge in [-0.15, -0.1) is 0 Å². The zero-order chi connectivity index (χ0) is 22.9. The first-order valence-electron chi connectivity index (χ1n) is 10.3. The minimum Gasteiger partial charge on any atom is -0.445 e. The lowest BCUT2D eigenvalue weighted by Gasteiger charge is -2.24. The lowest BCUT2D eigenvalue weighted by atomic mass is 10.1. The summed E-state index contributed by atoms with van der Waals surface area (Å²) >= 11 is 1.26. The minimum atomic E-state index is -0.535. The van der Waals surface area contributed by atoms with Crippen LogP contribution in [-0.4, -0.2) is 56.0 Å². The molecule has 0 aliphatic carbocycles. The second-order valence-corrected chi connectivity index (χ2v) is 8.61. The Bertz CT molecular complexity index is 989. The van der Waals surface area contributed by atoms with Gasteiger partial charge in [-0.25, -0.2) is 9.78 Å². The molecule has 8 nitrogen and oxygen atoms in total. The number of nitrogens with zero attached hydrogens (tertiary/aromatic N) is 3. The van der Waals surface area contributed by atoms with E-state index in [1.807, 2.05) is 22.8 Å². The van der Waals surface area contributed by atoms with E-state index in [0.29, 0.717) is 31.5 Å². The van der Waals surface area contributed by atoms with Crippen molar-refractivity contribution in [2.45, 2.75) is 30.7 Å². The van der Waals surface area contributed by atoms with Gasteiger partial charge in [0.15, 0.2) is 0 Å². The molecule has 1 aliphatic heterocycles. The van der Waals surface area contributed by atoms with Crippen LogP contribution in [-0.2, 0) is 16.1 Å². The van der Waals surface area contributed by atoms with Gasteiger partial charge in [-0.1, -0.05) is 54.7 Å². The lowest BCUT2D eigenvalue weighted by molar-refractivity contribution is -0.113. The molecule has 0 bridgehead atoms. The first-order valence-corrected chi connectivity index (χ1v) is 11.1. The SMILES string of the molecule is C=CCOC(=O)N1C[C@@H](SC(=O)c2ccccc2)C[C@H]1CCn1cncc1/C=C/C(N)=O. The van der Waals surface area contributed by atoms with E-state index in [-0.39, 0.29) is 23.0 Å². The number of primary amides is 1. The summed E-state index contributed by atoms with van der Waals surface area (Å²) in [6.45, 7) is 4.73. The Hall–Kier alpha value is -3.33. The molecule has 2 N–H and O–H groups in total. The van der Waals surface area contributed by atoms with Crippen molar-refractivity contribution in [3.05, 3.63) is 72.8 Å². The number of carbonyl (C=O) groups excluding carboxylic acids is 3. The highest BCUT2D eigenvalue weighted by atomic mass is 32.2. The maximum Gasteiger partial charge on any atom is 0.410 e. The first-order chi connectivity index (χ1) is 15.5. The van der Waals surface area contributed by atoms with Crippen LogP contribution in [0.2, 0.25) is 0 Å². The average Bonchev–Trinajstić information content (AvgIpc) is 3.41. The summed E-state index contributed by atoms with van der Waals surface area (Å²) in [6, 6.07) is 9.02. The molecule has 1 saturated heterocycles. The number of thioether (sulfide) groups is 1. The van der Waals surface area contributed by atoms with Crippen LogP contribution in [0.15, 0.2) is 61.6 Å². The molecule has 2 aromatic rings. The zero-order valence-corrected chi connectivity index (χ0v) is 18.4. The van der Waals surface area contributed by atoms with Crippen molar-refractivity contribution in [1.29, 1.82) is 0 Å². The number of hydrogen-bond acceptors (Lipinski definition) is 6. The van der Waals surface area contributed by atoms with Gasteiger partial charge < -0.3 is 19.9 Å². The number of aromatic nitrogens is 2. The summed E-state index contributed by atoms with van der Waals surface area (Å²) < 4.78 is 7.15. The molecule has 0 saturated carbocycles. The molecule has 0 radical (unpaired) electrons. The van der Waals surface area contributed by atoms with E-state index in [9.17, 15) is 14.4 Å². The van der Waals surface area contributed by atoms with Crippen LogP contribution in [0.1, 0.15) is 28.9 Å². The maximum absolute atomic E-state index is 12.6. The maximum atomic E-state index is 12.6. The third-order valence-corrected chi connectivity index (χ3v) is 6.21. The van der Waals surface area contributed by atoms with E-state index in [2.05, 4.69) is 11.6 Å². The van der Waals surface area contributed by atoms with Crippen LogP contribution in [0.3, 0.4) is 0 Å². The molecular formula is C23H26N4O4S. The van der Waals surface area contributed by atoms with Crippen LogP contribution >= 0.6 is 11.8 Å². The molecule has 0 unspecified atom stereocenters. The predicted octanol–water partition coefficient (Wildman–Crippen LogP) is 3.11. The molecule has 3 rings (SSSR count). The number of imidazole rings is 1. The van der Waals surface area contributed by atoms with Gasteiger partial charge in [-0.05, 0) is 18.9 Å². The molecule has 9 heteroatoms. The number of ether oxygens (including phenoxy) is 1. The first kappa shape index (κ1) is 23.3. The Morgan fingerprint density at radius 3 is 2.78 bits per heavy atom. The van der Waals surface area contributed by atoms with Gasteiger partial charge in [-0.2, -0.15) is 0 Å². The Morgan fingerprint density at radius 1 is 1.28 bits per heavy atom. The summed E-state index contributed by atoms with van der Waals surface area (Å²) in [6.07, 6.45) is 8.63. The van der Waals surface area contributed by atoms with E-state index in [4.69, 9.17) is 10.5 Å². The summed E-state index contributed by atoms with van der Waals surface area (Å²) in [5.41, 5.74) is 6.56. The van der Waals surface area contributed by atoms with Crippen molar-refractivity contribution in [1.82, 2.24) is 14.5 Å². The van der Waals surface area contributed by atoms with Gasteiger partial charge in [0, 0.05) is 36.0 Å². The number of rotatable bonds is 9. The predicted molar refractivity (Wildman–Crippen MR) is 124 cm³/mol. The second-order valence-electron chi connectivity index (χ2n) is 7.34. The number of carbonyl (C=O) groups is 3. The Labute approximate surface area is 191 Å². The van der Waals surface area contributed by atoms with E-state index in [0.717, 1.165) is 5.69 Å². The minimum absolute atomic E-state index is 0.0101. The van der Waals surface area contributed by atoms with E-state index >= 15 is 0 Å². The van der Waals surface area contributed by atoms with Gasteiger partial charge in [0.25, 0.3) is 0 Å². The second kappa shape index (κ2) is 11.3. The largest absolute Gasteiger partial charge is 0.445 e. The molecule has 0 spiro atoms. The van der Waals surface area contributed by atoms with Crippen LogP contribution in [0.25, 0.3) is 6.08 Å². The molecule has 168 valence electrons. The molecule has 1 aromatic heterocycles. The van der Waals surface area contributed by atoms with Crippen molar-refractivity contribution >= 4 is 35.0 Å². The van der Waals surface area contributed by atoms with Crippen LogP contribution in [0.4, 0.5) is 4.79 Å². The number of nitrogens with two attached hydrogens (primary N) is 1. The molecule has 2 atom stereocenters. The number of likely N-dealkylation sites (tertiary alicyclic amines) is 1. The number of aryl methyl sites for hydroxylation is 1. The fourth-order valence-corrected chi connectivity index (χ4v) is 4.70. The molecule has 2 amide bonds. The van der Waals surface area contributed by atoms with Crippen molar-refractivity contribution in [3.63, 3.8) is 0 Å². The molecule has 1 fully saturated rings. The van der Waals surface area contributed by atoms with E-state index < -0.39 is 12.0 Å². The number of hydrogen-bond donors (Lipinski definition) is 1.